The van der Waals surface area contributed by atoms with Crippen LogP contribution in [-0.2, 0) is 6.54 Å². The zero-order chi connectivity index (χ0) is 17.8. The normalized spacial score (nSPS) is 10.8. The van der Waals surface area contributed by atoms with E-state index in [2.05, 4.69) is 26.7 Å². The van der Waals surface area contributed by atoms with Crippen LogP contribution in [0.2, 0.25) is 0 Å². The molecule has 0 unspecified atom stereocenters. The van der Waals surface area contributed by atoms with Gasteiger partial charge in [0.1, 0.15) is 5.69 Å². The van der Waals surface area contributed by atoms with Crippen LogP contribution >= 0.6 is 0 Å². The molecule has 0 aliphatic heterocycles. The molecule has 6 nitrogen and oxygen atoms in total. The van der Waals surface area contributed by atoms with Crippen molar-refractivity contribution in [3.05, 3.63) is 59.0 Å². The Morgan fingerprint density at radius 3 is 2.60 bits per heavy atom. The van der Waals surface area contributed by atoms with E-state index in [-0.39, 0.29) is 5.91 Å². The van der Waals surface area contributed by atoms with Gasteiger partial charge in [-0.3, -0.25) is 14.6 Å². The van der Waals surface area contributed by atoms with Crippen molar-refractivity contribution in [1.29, 1.82) is 0 Å². The maximum atomic E-state index is 12.2. The summed E-state index contributed by atoms with van der Waals surface area (Å²) in [5, 5.41) is 14.4. The predicted octanol–water partition coefficient (Wildman–Crippen LogP) is 3.02. The van der Waals surface area contributed by atoms with Gasteiger partial charge in [-0.15, -0.1) is 0 Å². The third kappa shape index (κ3) is 4.15. The number of aromatic amines is 1. The molecule has 0 aliphatic rings. The number of carbonyl (C=O) groups is 1. The zero-order valence-corrected chi connectivity index (χ0v) is 14.8. The molecular weight excluding hydrogens is 314 g/mol. The summed E-state index contributed by atoms with van der Waals surface area (Å²) in [6, 6.07) is 11.9. The minimum absolute atomic E-state index is 0.140. The van der Waals surface area contributed by atoms with E-state index in [9.17, 15) is 4.79 Å². The van der Waals surface area contributed by atoms with Crippen molar-refractivity contribution >= 4 is 5.91 Å². The molecule has 0 saturated heterocycles. The van der Waals surface area contributed by atoms with Crippen LogP contribution < -0.4 is 5.32 Å². The molecule has 0 aliphatic carbocycles. The fraction of sp³-hybridized carbons (Fsp3) is 0.316. The fourth-order valence-electron chi connectivity index (χ4n) is 2.74. The topological polar surface area (TPSA) is 75.6 Å². The summed E-state index contributed by atoms with van der Waals surface area (Å²) < 4.78 is 1.97. The number of carbonyl (C=O) groups excluding carboxylic acids is 1. The van der Waals surface area contributed by atoms with Crippen LogP contribution in [0.1, 0.15) is 33.9 Å². The number of aryl methyl sites for hydroxylation is 4. The second-order valence-electron chi connectivity index (χ2n) is 6.29. The van der Waals surface area contributed by atoms with Gasteiger partial charge in [0.25, 0.3) is 5.91 Å². The Kier molecular flexibility index (Phi) is 4.97. The van der Waals surface area contributed by atoms with Crippen LogP contribution in [-0.4, -0.2) is 32.4 Å². The molecule has 6 heteroatoms. The monoisotopic (exact) mass is 337 g/mol. The van der Waals surface area contributed by atoms with E-state index in [1.807, 2.05) is 49.7 Å². The van der Waals surface area contributed by atoms with Crippen LogP contribution in [0.15, 0.2) is 36.4 Å². The standard InChI is InChI=1S/C19H23N5O/c1-13-5-7-16(8-6-13)17-12-18(22-21-17)19(25)20-9-4-10-24-15(3)11-14(2)23-24/h5-8,11-12H,4,9-10H2,1-3H3,(H,20,25)(H,21,22). The van der Waals surface area contributed by atoms with Crippen molar-refractivity contribution in [3.8, 4) is 11.3 Å². The second kappa shape index (κ2) is 7.34. The Morgan fingerprint density at radius 1 is 1.16 bits per heavy atom. The third-order valence-corrected chi connectivity index (χ3v) is 4.11. The van der Waals surface area contributed by atoms with Gasteiger partial charge in [0.05, 0.1) is 11.4 Å². The molecule has 0 saturated carbocycles. The van der Waals surface area contributed by atoms with E-state index in [1.165, 1.54) is 5.56 Å². The molecule has 3 aromatic rings. The van der Waals surface area contributed by atoms with Crippen LogP contribution in [0.3, 0.4) is 0 Å². The highest BCUT2D eigenvalue weighted by atomic mass is 16.1. The number of nitrogens with zero attached hydrogens (tertiary/aromatic N) is 3. The molecule has 2 heterocycles. The lowest BCUT2D eigenvalue weighted by atomic mass is 10.1. The van der Waals surface area contributed by atoms with Gasteiger partial charge in [-0.05, 0) is 39.3 Å². The Bertz CT molecular complexity index is 860. The predicted molar refractivity (Wildman–Crippen MR) is 97.4 cm³/mol. The lowest BCUT2D eigenvalue weighted by molar-refractivity contribution is 0.0947. The molecule has 25 heavy (non-hydrogen) atoms. The van der Waals surface area contributed by atoms with Gasteiger partial charge in [0.15, 0.2) is 0 Å². The maximum Gasteiger partial charge on any atom is 0.269 e. The van der Waals surface area contributed by atoms with E-state index in [0.29, 0.717) is 12.2 Å². The van der Waals surface area contributed by atoms with E-state index in [0.717, 1.165) is 35.6 Å². The van der Waals surface area contributed by atoms with Crippen LogP contribution in [0.5, 0.6) is 0 Å². The Balaban J connectivity index is 1.52. The minimum atomic E-state index is -0.140. The minimum Gasteiger partial charge on any atom is -0.351 e. The summed E-state index contributed by atoms with van der Waals surface area (Å²) in [5.41, 5.74) is 5.59. The number of benzene rings is 1. The Hall–Kier alpha value is -2.89. The van der Waals surface area contributed by atoms with Crippen molar-refractivity contribution in [2.45, 2.75) is 33.7 Å². The van der Waals surface area contributed by atoms with Gasteiger partial charge in [-0.25, -0.2) is 0 Å². The van der Waals surface area contributed by atoms with Crippen LogP contribution in [0.4, 0.5) is 0 Å². The quantitative estimate of drug-likeness (QED) is 0.679. The number of H-pyrrole nitrogens is 1. The first-order valence-corrected chi connectivity index (χ1v) is 8.44. The smallest absolute Gasteiger partial charge is 0.269 e. The van der Waals surface area contributed by atoms with Crippen molar-refractivity contribution in [2.75, 3.05) is 6.54 Å². The van der Waals surface area contributed by atoms with E-state index < -0.39 is 0 Å². The summed E-state index contributed by atoms with van der Waals surface area (Å²) in [6.07, 6.45) is 0.826. The molecule has 0 fully saturated rings. The molecular formula is C19H23N5O. The molecule has 0 spiro atoms. The lowest BCUT2D eigenvalue weighted by Crippen LogP contribution is -2.25. The molecule has 2 N–H and O–H groups in total. The molecule has 0 atom stereocenters. The highest BCUT2D eigenvalue weighted by molar-refractivity contribution is 5.93. The average molecular weight is 337 g/mol. The molecule has 0 radical (unpaired) electrons. The van der Waals surface area contributed by atoms with Crippen molar-refractivity contribution in [1.82, 2.24) is 25.3 Å². The van der Waals surface area contributed by atoms with Crippen molar-refractivity contribution in [3.63, 3.8) is 0 Å². The maximum absolute atomic E-state index is 12.2. The fourth-order valence-corrected chi connectivity index (χ4v) is 2.74. The summed E-state index contributed by atoms with van der Waals surface area (Å²) in [4.78, 5) is 12.2. The highest BCUT2D eigenvalue weighted by Gasteiger charge is 2.10. The molecule has 0 bridgehead atoms. The van der Waals surface area contributed by atoms with E-state index in [4.69, 9.17) is 0 Å². The second-order valence-corrected chi connectivity index (χ2v) is 6.29. The molecule has 130 valence electrons. The highest BCUT2D eigenvalue weighted by Crippen LogP contribution is 2.18. The largest absolute Gasteiger partial charge is 0.351 e. The van der Waals surface area contributed by atoms with E-state index in [1.54, 1.807) is 6.07 Å². The van der Waals surface area contributed by atoms with Gasteiger partial charge in [0, 0.05) is 24.3 Å². The van der Waals surface area contributed by atoms with Crippen molar-refractivity contribution < 1.29 is 4.79 Å². The first-order valence-electron chi connectivity index (χ1n) is 8.44. The molecule has 1 aromatic carbocycles. The number of hydrogen-bond donors (Lipinski definition) is 2. The van der Waals surface area contributed by atoms with E-state index >= 15 is 0 Å². The molecule has 3 rings (SSSR count). The van der Waals surface area contributed by atoms with Gasteiger partial charge < -0.3 is 5.32 Å². The summed E-state index contributed by atoms with van der Waals surface area (Å²) in [6.45, 7) is 7.44. The number of aromatic nitrogens is 4. The lowest BCUT2D eigenvalue weighted by Gasteiger charge is -2.05. The summed E-state index contributed by atoms with van der Waals surface area (Å²) in [5.74, 6) is -0.140. The van der Waals surface area contributed by atoms with Crippen LogP contribution in [0.25, 0.3) is 11.3 Å². The van der Waals surface area contributed by atoms with Gasteiger partial charge in [-0.1, -0.05) is 29.8 Å². The van der Waals surface area contributed by atoms with Crippen molar-refractivity contribution in [2.24, 2.45) is 0 Å². The molecule has 2 aromatic heterocycles. The Morgan fingerprint density at radius 2 is 1.92 bits per heavy atom. The zero-order valence-electron chi connectivity index (χ0n) is 14.8. The van der Waals surface area contributed by atoms with Gasteiger partial charge in [-0.2, -0.15) is 10.2 Å². The average Bonchev–Trinajstić information content (AvgIpc) is 3.19. The number of nitrogens with one attached hydrogen (secondary N) is 2. The van der Waals surface area contributed by atoms with Crippen LogP contribution in [0, 0.1) is 20.8 Å². The summed E-state index contributed by atoms with van der Waals surface area (Å²) in [7, 11) is 0. The molecule has 1 amide bonds. The third-order valence-electron chi connectivity index (χ3n) is 4.11. The first-order chi connectivity index (χ1) is 12.0. The van der Waals surface area contributed by atoms with Gasteiger partial charge in [0.2, 0.25) is 0 Å². The van der Waals surface area contributed by atoms with Gasteiger partial charge >= 0.3 is 0 Å². The number of rotatable bonds is 6. The SMILES string of the molecule is Cc1ccc(-c2cc(C(=O)NCCCn3nc(C)cc3C)[nH]n2)cc1. The number of amides is 1. The first kappa shape index (κ1) is 17.0. The summed E-state index contributed by atoms with van der Waals surface area (Å²) >= 11 is 0. The number of hydrogen-bond acceptors (Lipinski definition) is 3. The Labute approximate surface area is 147 Å².